The molecule has 28 heavy (non-hydrogen) atoms. The van der Waals surface area contributed by atoms with E-state index < -0.39 is 44.9 Å². The molecule has 0 aromatic heterocycles. The second kappa shape index (κ2) is 8.27. The third kappa shape index (κ3) is 4.12. The Hall–Kier alpha value is -1.82. The third-order valence-corrected chi connectivity index (χ3v) is 6.08. The molecule has 0 radical (unpaired) electrons. The number of carbonyl (C=O) groups excluding carboxylic acids is 3. The number of non-ortho nitro benzene ring substituents is 1. The number of carboxylic acid groups (broad SMARTS) is 1. The van der Waals surface area contributed by atoms with Crippen LogP contribution < -0.4 is 45.3 Å². The molecule has 0 aliphatic carbocycles. The molecule has 3 atom stereocenters. The minimum Gasteiger partial charge on any atom is -0.548 e. The number of aliphatic carboxylic acids is 1. The molecule has 2 fully saturated rings. The molecule has 0 bridgehead atoms. The summed E-state index contributed by atoms with van der Waals surface area (Å²) in [5.41, 5.74) is 0.458. The molecule has 1 aromatic carbocycles. The number of nitro benzene ring substituents is 1. The van der Waals surface area contributed by atoms with Crippen LogP contribution in [0.1, 0.15) is 13.8 Å². The van der Waals surface area contributed by atoms with Crippen molar-refractivity contribution in [2.75, 3.05) is 11.9 Å². The van der Waals surface area contributed by atoms with E-state index in [0.717, 1.165) is 0 Å². The topological polar surface area (TPSA) is 145 Å². The van der Waals surface area contributed by atoms with E-state index in [1.54, 1.807) is 13.8 Å². The van der Waals surface area contributed by atoms with Crippen LogP contribution in [0.3, 0.4) is 0 Å². The molecule has 2 aliphatic heterocycles. The molecule has 0 unspecified atom stereocenters. The van der Waals surface area contributed by atoms with Gasteiger partial charge in [-0.3, -0.25) is 19.7 Å². The Morgan fingerprint density at radius 2 is 1.89 bits per heavy atom. The van der Waals surface area contributed by atoms with Crippen molar-refractivity contribution in [3.63, 3.8) is 0 Å². The van der Waals surface area contributed by atoms with E-state index in [-0.39, 0.29) is 41.8 Å². The van der Waals surface area contributed by atoms with Crippen LogP contribution >= 0.6 is 11.8 Å². The van der Waals surface area contributed by atoms with Crippen molar-refractivity contribution in [2.45, 2.75) is 36.1 Å². The molecule has 3 rings (SSSR count). The van der Waals surface area contributed by atoms with Crippen LogP contribution in [-0.4, -0.2) is 56.4 Å². The number of nitrogens with one attached hydrogen (secondary N) is 2. The molecule has 2 heterocycles. The van der Waals surface area contributed by atoms with Gasteiger partial charge < -0.3 is 25.4 Å². The van der Waals surface area contributed by atoms with Crippen molar-refractivity contribution < 1.29 is 54.0 Å². The molecule has 1 aromatic rings. The van der Waals surface area contributed by atoms with Gasteiger partial charge in [-0.15, -0.1) is 11.8 Å². The van der Waals surface area contributed by atoms with Gasteiger partial charge in [0.05, 0.1) is 23.5 Å². The van der Waals surface area contributed by atoms with Crippen molar-refractivity contribution >= 4 is 40.9 Å². The first-order chi connectivity index (χ1) is 12.6. The molecule has 2 aliphatic rings. The van der Waals surface area contributed by atoms with Crippen molar-refractivity contribution in [1.82, 2.24) is 10.2 Å². The summed E-state index contributed by atoms with van der Waals surface area (Å²) in [5, 5.41) is 26.9. The number of nitrogens with zero attached hydrogens (tertiary/aromatic N) is 2. The van der Waals surface area contributed by atoms with Crippen LogP contribution in [0.4, 0.5) is 11.4 Å². The van der Waals surface area contributed by atoms with Gasteiger partial charge in [0, 0.05) is 22.6 Å². The molecule has 2 saturated heterocycles. The van der Waals surface area contributed by atoms with Crippen LogP contribution in [-0.2, 0) is 14.4 Å². The monoisotopic (exact) mass is 416 g/mol. The molecule has 0 spiro atoms. The summed E-state index contributed by atoms with van der Waals surface area (Å²) in [6.45, 7) is 3.31. The zero-order valence-corrected chi connectivity index (χ0v) is 18.3. The molecular formula is C16H17N4NaO6S. The van der Waals surface area contributed by atoms with Crippen molar-refractivity contribution in [3.8, 4) is 0 Å². The van der Waals surface area contributed by atoms with Gasteiger partial charge >= 0.3 is 29.6 Å². The second-order valence-corrected chi connectivity index (χ2v) is 8.55. The van der Waals surface area contributed by atoms with E-state index in [9.17, 15) is 29.6 Å². The minimum absolute atomic E-state index is 0. The summed E-state index contributed by atoms with van der Waals surface area (Å²) in [6.07, 6.45) is 0. The van der Waals surface area contributed by atoms with Crippen molar-refractivity contribution in [1.29, 1.82) is 0 Å². The van der Waals surface area contributed by atoms with Gasteiger partial charge in [-0.25, -0.2) is 0 Å². The summed E-state index contributed by atoms with van der Waals surface area (Å²) < 4.78 is -0.713. The Kier molecular flexibility index (Phi) is 6.64. The maximum absolute atomic E-state index is 12.3. The summed E-state index contributed by atoms with van der Waals surface area (Å²) >= 11 is 1.31. The Labute approximate surface area is 186 Å². The summed E-state index contributed by atoms with van der Waals surface area (Å²) in [4.78, 5) is 47.1. The average Bonchev–Trinajstić information content (AvgIpc) is 2.86. The molecule has 10 nitrogen and oxygen atoms in total. The van der Waals surface area contributed by atoms with Gasteiger partial charge in [0.25, 0.3) is 5.69 Å². The first-order valence-electron chi connectivity index (χ1n) is 8.10. The number of β-lactam (4-membered cyclic amide) rings is 1. The number of carbonyl (C=O) groups is 3. The molecule has 144 valence electrons. The number of hydrogen-bond donors (Lipinski definition) is 2. The molecule has 12 heteroatoms. The summed E-state index contributed by atoms with van der Waals surface area (Å²) in [6, 6.07) is 3.75. The Morgan fingerprint density at radius 1 is 1.29 bits per heavy atom. The van der Waals surface area contributed by atoms with E-state index in [1.807, 2.05) is 0 Å². The number of amides is 2. The summed E-state index contributed by atoms with van der Waals surface area (Å²) in [7, 11) is 0. The standard InChI is InChI=1S/C16H18N4O6S.Na/c1-16(2)12(15(23)24)19-13(22)11(14(19)27-16)18-10(21)7-17-8-3-5-9(6-4-8)20(25)26;/h3-6,11-12,14,17H,7H2,1-2H3,(H,18,21)(H,23,24);/q;+1/p-1/t11-,12+,14-;/m1./s1. The summed E-state index contributed by atoms with van der Waals surface area (Å²) in [5.74, 6) is -2.20. The van der Waals surface area contributed by atoms with Gasteiger partial charge in [0.1, 0.15) is 11.4 Å². The molecule has 2 amide bonds. The van der Waals surface area contributed by atoms with Gasteiger partial charge in [0.15, 0.2) is 0 Å². The van der Waals surface area contributed by atoms with Crippen LogP contribution in [0.25, 0.3) is 0 Å². The zero-order valence-electron chi connectivity index (χ0n) is 15.5. The van der Waals surface area contributed by atoms with Crippen molar-refractivity contribution in [3.05, 3.63) is 34.4 Å². The van der Waals surface area contributed by atoms with Gasteiger partial charge in [-0.2, -0.15) is 0 Å². The Bertz CT molecular complexity index is 818. The van der Waals surface area contributed by atoms with Crippen molar-refractivity contribution in [2.24, 2.45) is 0 Å². The maximum atomic E-state index is 12.3. The number of hydrogen-bond acceptors (Lipinski definition) is 8. The molecule has 0 saturated carbocycles. The Balaban J connectivity index is 0.00000280. The average molecular weight is 416 g/mol. The van der Waals surface area contributed by atoms with E-state index in [1.165, 1.54) is 40.9 Å². The zero-order chi connectivity index (χ0) is 19.9. The van der Waals surface area contributed by atoms with Crippen LogP contribution in [0.2, 0.25) is 0 Å². The number of anilines is 1. The number of fused-ring (bicyclic) bond motifs is 1. The number of thioether (sulfide) groups is 1. The quantitative estimate of drug-likeness (QED) is 0.209. The van der Waals surface area contributed by atoms with Gasteiger partial charge in [-0.05, 0) is 26.0 Å². The van der Waals surface area contributed by atoms with Gasteiger partial charge in [-0.1, -0.05) is 0 Å². The third-order valence-electron chi connectivity index (χ3n) is 4.51. The first kappa shape index (κ1) is 22.5. The SMILES string of the molecule is CC1(C)S[C@@H]2[C@H](NC(=O)CNc3ccc([N+](=O)[O-])cc3)C(=O)N2[C@H]1C(=O)[O-].[Na+]. The fraction of sp³-hybridized carbons (Fsp3) is 0.438. The smallest absolute Gasteiger partial charge is 0.548 e. The molecular weight excluding hydrogens is 399 g/mol. The van der Waals surface area contributed by atoms with E-state index in [4.69, 9.17) is 0 Å². The first-order valence-corrected chi connectivity index (χ1v) is 8.98. The van der Waals surface area contributed by atoms with E-state index >= 15 is 0 Å². The number of rotatable bonds is 6. The predicted octanol–water partition coefficient (Wildman–Crippen LogP) is -3.69. The van der Waals surface area contributed by atoms with Crippen LogP contribution in [0.5, 0.6) is 0 Å². The fourth-order valence-corrected chi connectivity index (χ4v) is 4.86. The Morgan fingerprint density at radius 3 is 2.43 bits per heavy atom. The van der Waals surface area contributed by atoms with E-state index in [2.05, 4.69) is 10.6 Å². The largest absolute Gasteiger partial charge is 1.00 e. The van der Waals surface area contributed by atoms with Crippen LogP contribution in [0, 0.1) is 10.1 Å². The van der Waals surface area contributed by atoms with E-state index in [0.29, 0.717) is 5.69 Å². The molecule has 2 N–H and O–H groups in total. The van der Waals surface area contributed by atoms with Crippen LogP contribution in [0.15, 0.2) is 24.3 Å². The predicted molar refractivity (Wildman–Crippen MR) is 94.6 cm³/mol. The number of nitro groups is 1. The minimum atomic E-state index is -1.31. The number of benzene rings is 1. The van der Waals surface area contributed by atoms with Gasteiger partial charge in [0.2, 0.25) is 11.8 Å². The fourth-order valence-electron chi connectivity index (χ4n) is 3.23. The number of carboxylic acids is 1. The second-order valence-electron chi connectivity index (χ2n) is 6.78. The maximum Gasteiger partial charge on any atom is 1.00 e. The normalized spacial score (nSPS) is 24.4.